The lowest BCUT2D eigenvalue weighted by Crippen LogP contribution is -1.89. The van der Waals surface area contributed by atoms with Gasteiger partial charge >= 0.3 is 0 Å². The van der Waals surface area contributed by atoms with Crippen LogP contribution in [0.4, 0.5) is 11.4 Å². The second kappa shape index (κ2) is 3.90. The summed E-state index contributed by atoms with van der Waals surface area (Å²) in [5, 5.41) is 0. The van der Waals surface area contributed by atoms with Crippen molar-refractivity contribution < 1.29 is 0 Å². The van der Waals surface area contributed by atoms with E-state index in [1.165, 1.54) is 0 Å². The molecule has 0 amide bonds. The number of aryl methyl sites for hydroxylation is 2. The van der Waals surface area contributed by atoms with Gasteiger partial charge in [0.25, 0.3) is 0 Å². The third kappa shape index (κ3) is 2.18. The van der Waals surface area contributed by atoms with E-state index in [1.807, 2.05) is 19.9 Å². The summed E-state index contributed by atoms with van der Waals surface area (Å²) in [4.78, 5) is 4.20. The Hall–Kier alpha value is -1.57. The molecule has 2 N–H and O–H groups in total. The van der Waals surface area contributed by atoms with Gasteiger partial charge in [-0.1, -0.05) is 18.7 Å². The fourth-order valence-electron chi connectivity index (χ4n) is 1.30. The highest BCUT2D eigenvalue weighted by molar-refractivity contribution is 5.79. The number of nitrogens with zero attached hydrogens (tertiary/aromatic N) is 1. The molecule has 0 radical (unpaired) electrons. The Morgan fingerprint density at radius 2 is 2.08 bits per heavy atom. The molecule has 1 aromatic carbocycles. The van der Waals surface area contributed by atoms with E-state index in [0.29, 0.717) is 0 Å². The minimum atomic E-state index is 0.718. The van der Waals surface area contributed by atoms with E-state index >= 15 is 0 Å². The second-order valence-corrected chi connectivity index (χ2v) is 3.03. The molecule has 13 heavy (non-hydrogen) atoms. The minimum absolute atomic E-state index is 0.718. The third-order valence-corrected chi connectivity index (χ3v) is 1.78. The van der Waals surface area contributed by atoms with Gasteiger partial charge in [-0.25, -0.2) is 0 Å². The lowest BCUT2D eigenvalue weighted by atomic mass is 10.1. The first-order valence-corrected chi connectivity index (χ1v) is 4.17. The number of benzene rings is 1. The van der Waals surface area contributed by atoms with E-state index in [1.54, 1.807) is 12.3 Å². The highest BCUT2D eigenvalue weighted by Crippen LogP contribution is 2.27. The molecule has 0 spiro atoms. The van der Waals surface area contributed by atoms with E-state index in [9.17, 15) is 0 Å². The molecule has 0 saturated heterocycles. The average Bonchev–Trinajstić information content (AvgIpc) is 2.02. The van der Waals surface area contributed by atoms with Crippen LogP contribution in [0.5, 0.6) is 0 Å². The average molecular weight is 174 g/mol. The predicted molar refractivity (Wildman–Crippen MR) is 58.7 cm³/mol. The molecule has 0 fully saturated rings. The van der Waals surface area contributed by atoms with E-state index < -0.39 is 0 Å². The van der Waals surface area contributed by atoms with E-state index in [0.717, 1.165) is 22.5 Å². The summed E-state index contributed by atoms with van der Waals surface area (Å²) in [6, 6.07) is 3.98. The number of rotatable bonds is 2. The molecule has 68 valence electrons. The van der Waals surface area contributed by atoms with Crippen molar-refractivity contribution in [2.45, 2.75) is 13.8 Å². The molecular weight excluding hydrogens is 160 g/mol. The van der Waals surface area contributed by atoms with Crippen LogP contribution < -0.4 is 5.73 Å². The number of hydrogen-bond donors (Lipinski definition) is 1. The summed E-state index contributed by atoms with van der Waals surface area (Å²) in [5.74, 6) is 0. The van der Waals surface area contributed by atoms with Gasteiger partial charge < -0.3 is 5.73 Å². The van der Waals surface area contributed by atoms with Crippen molar-refractivity contribution in [3.63, 3.8) is 0 Å². The van der Waals surface area contributed by atoms with E-state index in [-0.39, 0.29) is 0 Å². The molecule has 1 aromatic rings. The summed E-state index contributed by atoms with van der Waals surface area (Å²) in [6.45, 7) is 7.58. The number of anilines is 1. The maximum Gasteiger partial charge on any atom is 0.0888 e. The Kier molecular flexibility index (Phi) is 2.85. The van der Waals surface area contributed by atoms with Crippen molar-refractivity contribution >= 4 is 17.6 Å². The van der Waals surface area contributed by atoms with Gasteiger partial charge in [0.1, 0.15) is 0 Å². The molecule has 0 aliphatic carbocycles. The zero-order valence-corrected chi connectivity index (χ0v) is 8.04. The maximum atomic E-state index is 5.81. The molecule has 0 aromatic heterocycles. The first kappa shape index (κ1) is 9.52. The second-order valence-electron chi connectivity index (χ2n) is 3.03. The van der Waals surface area contributed by atoms with Gasteiger partial charge in [0.2, 0.25) is 0 Å². The van der Waals surface area contributed by atoms with Crippen molar-refractivity contribution in [2.24, 2.45) is 4.99 Å². The Labute approximate surface area is 78.8 Å². The summed E-state index contributed by atoms with van der Waals surface area (Å²) in [6.07, 6.45) is 3.28. The van der Waals surface area contributed by atoms with Crippen molar-refractivity contribution in [3.05, 3.63) is 35.9 Å². The van der Waals surface area contributed by atoms with Crippen LogP contribution in [0.25, 0.3) is 0 Å². The summed E-state index contributed by atoms with van der Waals surface area (Å²) in [7, 11) is 0. The topological polar surface area (TPSA) is 38.4 Å². The van der Waals surface area contributed by atoms with E-state index in [4.69, 9.17) is 5.73 Å². The van der Waals surface area contributed by atoms with Crippen molar-refractivity contribution in [3.8, 4) is 0 Å². The van der Waals surface area contributed by atoms with E-state index in [2.05, 4.69) is 17.6 Å². The Morgan fingerprint density at radius 1 is 1.38 bits per heavy atom. The van der Waals surface area contributed by atoms with Gasteiger partial charge in [0, 0.05) is 6.21 Å². The van der Waals surface area contributed by atoms with Crippen molar-refractivity contribution in [1.82, 2.24) is 0 Å². The number of hydrogen-bond acceptors (Lipinski definition) is 2. The fraction of sp³-hybridized carbons (Fsp3) is 0.182. The largest absolute Gasteiger partial charge is 0.397 e. The van der Waals surface area contributed by atoms with Gasteiger partial charge in [-0.2, -0.15) is 0 Å². The summed E-state index contributed by atoms with van der Waals surface area (Å²) < 4.78 is 0. The molecule has 1 rings (SSSR count). The quantitative estimate of drug-likeness (QED) is 0.543. The van der Waals surface area contributed by atoms with Crippen LogP contribution in [0.3, 0.4) is 0 Å². The van der Waals surface area contributed by atoms with Crippen LogP contribution in [0.15, 0.2) is 29.8 Å². The molecule has 0 atom stereocenters. The molecule has 2 heteroatoms. The maximum absolute atomic E-state index is 5.81. The molecule has 0 unspecified atom stereocenters. The Morgan fingerprint density at radius 3 is 2.62 bits per heavy atom. The predicted octanol–water partition coefficient (Wildman–Crippen LogP) is 2.77. The third-order valence-electron chi connectivity index (χ3n) is 1.78. The molecule has 0 aliphatic rings. The smallest absolute Gasteiger partial charge is 0.0888 e. The van der Waals surface area contributed by atoms with Crippen LogP contribution in [-0.4, -0.2) is 6.21 Å². The first-order valence-electron chi connectivity index (χ1n) is 4.17. The zero-order valence-electron chi connectivity index (χ0n) is 8.04. The normalized spacial score (nSPS) is 10.6. The molecule has 0 saturated carbocycles. The van der Waals surface area contributed by atoms with Gasteiger partial charge in [-0.05, 0) is 31.0 Å². The van der Waals surface area contributed by atoms with Gasteiger partial charge in [-0.15, -0.1) is 0 Å². The lowest BCUT2D eigenvalue weighted by Gasteiger charge is -2.05. The lowest BCUT2D eigenvalue weighted by molar-refractivity contribution is 1.35. The zero-order chi connectivity index (χ0) is 9.84. The number of allylic oxidation sites excluding steroid dienone is 1. The molecule has 0 heterocycles. The number of nitrogens with two attached hydrogens (primary N) is 1. The number of aliphatic imine (C=N–C) groups is 1. The summed E-state index contributed by atoms with van der Waals surface area (Å²) in [5.41, 5.74) is 9.62. The van der Waals surface area contributed by atoms with Crippen molar-refractivity contribution in [2.75, 3.05) is 5.73 Å². The van der Waals surface area contributed by atoms with Crippen LogP contribution in [0.2, 0.25) is 0 Å². The number of nitrogen functional groups attached to an aromatic ring is 1. The minimum Gasteiger partial charge on any atom is -0.397 e. The SMILES string of the molecule is C=C/C=N\c1c(C)cc(C)cc1N. The highest BCUT2D eigenvalue weighted by Gasteiger charge is 2.00. The monoisotopic (exact) mass is 174 g/mol. The van der Waals surface area contributed by atoms with Crippen LogP contribution in [0.1, 0.15) is 11.1 Å². The van der Waals surface area contributed by atoms with Gasteiger partial charge in [0.15, 0.2) is 0 Å². The molecular formula is C11H14N2. The van der Waals surface area contributed by atoms with Crippen LogP contribution in [-0.2, 0) is 0 Å². The van der Waals surface area contributed by atoms with Crippen LogP contribution >= 0.6 is 0 Å². The fourth-order valence-corrected chi connectivity index (χ4v) is 1.30. The molecule has 0 aliphatic heterocycles. The standard InChI is InChI=1S/C11H14N2/c1-4-5-13-11-9(3)6-8(2)7-10(11)12/h4-7H,1,12H2,2-3H3/b13-5-. The van der Waals surface area contributed by atoms with Gasteiger partial charge in [-0.3, -0.25) is 4.99 Å². The Bertz CT molecular complexity index is 328. The Balaban J connectivity index is 3.20. The van der Waals surface area contributed by atoms with Gasteiger partial charge in [0.05, 0.1) is 11.4 Å². The molecule has 2 nitrogen and oxygen atoms in total. The highest BCUT2D eigenvalue weighted by atomic mass is 14.8. The summed E-state index contributed by atoms with van der Waals surface area (Å²) >= 11 is 0. The molecule has 0 bridgehead atoms. The first-order chi connectivity index (χ1) is 6.15. The van der Waals surface area contributed by atoms with Crippen molar-refractivity contribution in [1.29, 1.82) is 0 Å². The van der Waals surface area contributed by atoms with Crippen LogP contribution in [0, 0.1) is 13.8 Å².